The van der Waals surface area contributed by atoms with Crippen molar-refractivity contribution in [3.8, 4) is 5.69 Å². The van der Waals surface area contributed by atoms with Gasteiger partial charge in [-0.2, -0.15) is 0 Å². The largest absolute Gasteiger partial charge is 0.333 e. The quantitative estimate of drug-likeness (QED) is 0.162. The minimum Gasteiger partial charge on any atom is -0.333 e. The maximum atomic E-state index is 2.57. The van der Waals surface area contributed by atoms with Crippen LogP contribution in [-0.2, 0) is 6.42 Å². The van der Waals surface area contributed by atoms with Crippen molar-refractivity contribution in [2.75, 3.05) is 0 Å². The molecule has 0 radical (unpaired) electrons. The lowest BCUT2D eigenvalue weighted by molar-refractivity contribution is 0.645. The Morgan fingerprint density at radius 3 is 2.32 bits per heavy atom. The molecule has 2 aromatic heterocycles. The zero-order valence-corrected chi connectivity index (χ0v) is 31.9. The molecule has 0 amide bonds. The minimum absolute atomic E-state index is 0.297. The van der Waals surface area contributed by atoms with Gasteiger partial charge in [0.15, 0.2) is 0 Å². The first kappa shape index (κ1) is 33.2. The first-order valence-electron chi connectivity index (χ1n) is 20.7. The van der Waals surface area contributed by atoms with E-state index in [1.54, 1.807) is 0 Å². The molecule has 4 aromatic carbocycles. The molecule has 2 nitrogen and oxygen atoms in total. The fourth-order valence-corrected chi connectivity index (χ4v) is 9.94. The summed E-state index contributed by atoms with van der Waals surface area (Å²) in [5.41, 5.74) is 17.4. The zero-order chi connectivity index (χ0) is 37.0. The van der Waals surface area contributed by atoms with E-state index in [1.807, 2.05) is 0 Å². The highest BCUT2D eigenvalue weighted by atomic mass is 15.0. The summed E-state index contributed by atoms with van der Waals surface area (Å²) in [6.07, 6.45) is 41.5. The minimum atomic E-state index is 0.297. The van der Waals surface area contributed by atoms with Crippen LogP contribution < -0.4 is 0 Å². The Bertz CT molecular complexity index is 2860. The van der Waals surface area contributed by atoms with Gasteiger partial charge in [0, 0.05) is 44.5 Å². The molecule has 0 fully saturated rings. The Labute approximate surface area is 329 Å². The second kappa shape index (κ2) is 13.9. The van der Waals surface area contributed by atoms with Gasteiger partial charge in [0.25, 0.3) is 0 Å². The zero-order valence-electron chi connectivity index (χ0n) is 31.9. The van der Waals surface area contributed by atoms with Gasteiger partial charge in [-0.25, -0.2) is 0 Å². The van der Waals surface area contributed by atoms with Crippen molar-refractivity contribution in [2.45, 2.75) is 63.3 Å². The third-order valence-corrected chi connectivity index (χ3v) is 12.7. The second-order valence-electron chi connectivity index (χ2n) is 16.1. The van der Waals surface area contributed by atoms with Crippen LogP contribution in [0.3, 0.4) is 0 Å². The normalized spacial score (nSPS) is 20.4. The van der Waals surface area contributed by atoms with Crippen molar-refractivity contribution in [3.63, 3.8) is 0 Å². The van der Waals surface area contributed by atoms with Crippen LogP contribution in [0, 0.1) is 0 Å². The highest BCUT2D eigenvalue weighted by Crippen LogP contribution is 2.41. The molecule has 6 aromatic rings. The highest BCUT2D eigenvalue weighted by molar-refractivity contribution is 6.08. The predicted molar refractivity (Wildman–Crippen MR) is 238 cm³/mol. The number of hydrogen-bond donors (Lipinski definition) is 0. The highest BCUT2D eigenvalue weighted by Gasteiger charge is 2.23. The molecule has 0 N–H and O–H groups in total. The van der Waals surface area contributed by atoms with E-state index < -0.39 is 0 Å². The van der Waals surface area contributed by atoms with E-state index in [9.17, 15) is 0 Å². The molecule has 11 rings (SSSR count). The lowest BCUT2D eigenvalue weighted by atomic mass is 9.86. The van der Waals surface area contributed by atoms with Crippen LogP contribution in [0.4, 0.5) is 0 Å². The van der Waals surface area contributed by atoms with Gasteiger partial charge in [-0.05, 0) is 144 Å². The molecule has 0 spiro atoms. The van der Waals surface area contributed by atoms with Gasteiger partial charge in [0.1, 0.15) is 0 Å². The molecule has 5 aliphatic carbocycles. The third-order valence-electron chi connectivity index (χ3n) is 12.7. The number of rotatable bonds is 6. The van der Waals surface area contributed by atoms with Crippen LogP contribution in [0.2, 0.25) is 0 Å². The van der Waals surface area contributed by atoms with Gasteiger partial charge in [-0.15, -0.1) is 0 Å². The summed E-state index contributed by atoms with van der Waals surface area (Å²) in [6, 6.07) is 32.9. The summed E-state index contributed by atoms with van der Waals surface area (Å²) in [5.74, 6) is 0.322. The van der Waals surface area contributed by atoms with Gasteiger partial charge in [-0.1, -0.05) is 121 Å². The van der Waals surface area contributed by atoms with E-state index in [0.29, 0.717) is 12.0 Å². The maximum absolute atomic E-state index is 2.57. The van der Waals surface area contributed by atoms with E-state index in [2.05, 4.69) is 179 Å². The third kappa shape index (κ3) is 5.70. The number of hydrogen-bond acceptors (Lipinski definition) is 0. The monoisotopic (exact) mass is 722 g/mol. The smallest absolute Gasteiger partial charge is 0.0560 e. The molecule has 0 saturated carbocycles. The van der Waals surface area contributed by atoms with Crippen LogP contribution in [0.15, 0.2) is 175 Å². The standard InChI is InChI=1S/C54H46N2/c1-3-13-37(14-4-1)39-25-29-45(30-26-39)55-51-23-9-7-21-47(51)49-35-43(27-31-53(49)55)40-17-11-18-41(33-40)44-28-32-54-50(36-44)48-22-8-10-24-52(48)56(54)46-20-12-19-42(34-46)38-15-5-2-6-16-38/h2-3,5,7,9-15,18-21,23-29,31-36,40,45H,1,4,6,8,16-17,22,30H2. The van der Waals surface area contributed by atoms with Crippen LogP contribution in [0.25, 0.3) is 55.6 Å². The first-order chi connectivity index (χ1) is 27.8. The molecule has 2 unspecified atom stereocenters. The number of aryl methyl sites for hydroxylation is 1. The van der Waals surface area contributed by atoms with Crippen molar-refractivity contribution in [1.29, 1.82) is 0 Å². The van der Waals surface area contributed by atoms with E-state index in [0.717, 1.165) is 51.4 Å². The first-order valence-corrected chi connectivity index (χ1v) is 20.7. The van der Waals surface area contributed by atoms with E-state index in [-0.39, 0.29) is 0 Å². The summed E-state index contributed by atoms with van der Waals surface area (Å²) in [7, 11) is 0. The van der Waals surface area contributed by atoms with Gasteiger partial charge in [0.05, 0.1) is 11.6 Å². The van der Waals surface area contributed by atoms with Crippen LogP contribution >= 0.6 is 0 Å². The Hall–Kier alpha value is -6.12. The SMILES string of the molecule is C1=CCCC(c2cccc(-n3c4c(c5cc(C6=CC(c7ccc8c(c7)c7ccccc7n8C7C=CC(C8=CCCC=C8)=CC7)CC=C6)ccc53)CCC=C4)c2)=C1. The van der Waals surface area contributed by atoms with Crippen LogP contribution in [-0.4, -0.2) is 9.13 Å². The molecule has 5 aliphatic rings. The molecule has 56 heavy (non-hydrogen) atoms. The Balaban J connectivity index is 0.936. The van der Waals surface area contributed by atoms with Gasteiger partial charge in [-0.3, -0.25) is 0 Å². The number of allylic oxidation sites excluding steroid dienone is 17. The number of nitrogens with zero attached hydrogens (tertiary/aromatic N) is 2. The molecule has 0 aliphatic heterocycles. The van der Waals surface area contributed by atoms with Crippen LogP contribution in [0.5, 0.6) is 0 Å². The average Bonchev–Trinajstić information content (AvgIpc) is 3.79. The number of para-hydroxylation sites is 1. The molecule has 2 heteroatoms. The molecular formula is C54H46N2. The summed E-state index contributed by atoms with van der Waals surface area (Å²) in [6.45, 7) is 0. The van der Waals surface area contributed by atoms with Crippen molar-refractivity contribution in [1.82, 2.24) is 9.13 Å². The number of fused-ring (bicyclic) bond motifs is 6. The lowest BCUT2D eigenvalue weighted by Crippen LogP contribution is -2.08. The Morgan fingerprint density at radius 2 is 1.43 bits per heavy atom. The fourth-order valence-electron chi connectivity index (χ4n) is 9.94. The maximum Gasteiger partial charge on any atom is 0.0560 e. The molecule has 272 valence electrons. The van der Waals surface area contributed by atoms with Crippen LogP contribution in [0.1, 0.15) is 84.9 Å². The second-order valence-corrected chi connectivity index (χ2v) is 16.1. The van der Waals surface area contributed by atoms with Crippen molar-refractivity contribution in [2.24, 2.45) is 0 Å². The summed E-state index contributed by atoms with van der Waals surface area (Å²) >= 11 is 0. The number of aromatic nitrogens is 2. The fraction of sp³-hybridized carbons (Fsp3) is 0.185. The van der Waals surface area contributed by atoms with Gasteiger partial charge >= 0.3 is 0 Å². The van der Waals surface area contributed by atoms with E-state index in [1.165, 1.54) is 88.6 Å². The summed E-state index contributed by atoms with van der Waals surface area (Å²) in [4.78, 5) is 0. The number of benzene rings is 4. The van der Waals surface area contributed by atoms with Crippen molar-refractivity contribution >= 4 is 49.9 Å². The van der Waals surface area contributed by atoms with Crippen molar-refractivity contribution in [3.05, 3.63) is 203 Å². The molecule has 0 saturated heterocycles. The molecule has 2 heterocycles. The van der Waals surface area contributed by atoms with Crippen molar-refractivity contribution < 1.29 is 0 Å². The molecular weight excluding hydrogens is 677 g/mol. The average molecular weight is 723 g/mol. The Kier molecular flexibility index (Phi) is 8.23. The predicted octanol–water partition coefficient (Wildman–Crippen LogP) is 14.3. The summed E-state index contributed by atoms with van der Waals surface area (Å²) in [5, 5.41) is 4.07. The Morgan fingerprint density at radius 1 is 0.554 bits per heavy atom. The van der Waals surface area contributed by atoms with Gasteiger partial charge in [0.2, 0.25) is 0 Å². The topological polar surface area (TPSA) is 9.86 Å². The molecule has 0 bridgehead atoms. The van der Waals surface area contributed by atoms with Gasteiger partial charge < -0.3 is 9.13 Å². The van der Waals surface area contributed by atoms with E-state index in [4.69, 9.17) is 0 Å². The molecule has 2 atom stereocenters. The lowest BCUT2D eigenvalue weighted by Gasteiger charge is -2.22. The summed E-state index contributed by atoms with van der Waals surface area (Å²) < 4.78 is 5.07. The van der Waals surface area contributed by atoms with E-state index >= 15 is 0 Å².